The fourth-order valence-electron chi connectivity index (χ4n) is 0.965. The smallest absolute Gasteiger partial charge is 0.328 e. The molecule has 2 N–H and O–H groups in total. The van der Waals surface area contributed by atoms with Crippen LogP contribution in [0.3, 0.4) is 0 Å². The van der Waals surface area contributed by atoms with E-state index in [0.29, 0.717) is 0 Å². The first-order valence-electron chi connectivity index (χ1n) is 3.91. The van der Waals surface area contributed by atoms with Crippen LogP contribution in [0, 0.1) is 0 Å². The van der Waals surface area contributed by atoms with E-state index in [1.165, 1.54) is 0 Å². The molecular formula is C10H11NO2. The van der Waals surface area contributed by atoms with Crippen molar-refractivity contribution in [2.24, 2.45) is 0 Å². The van der Waals surface area contributed by atoms with Crippen molar-refractivity contribution in [3.63, 3.8) is 0 Å². The van der Waals surface area contributed by atoms with E-state index in [9.17, 15) is 4.79 Å². The number of carboxylic acid groups (broad SMARTS) is 1. The molecule has 3 heteroatoms. The van der Waals surface area contributed by atoms with Crippen molar-refractivity contribution in [1.82, 2.24) is 0 Å². The average molecular weight is 177 g/mol. The molecule has 0 spiro atoms. The third-order valence-electron chi connectivity index (χ3n) is 1.59. The monoisotopic (exact) mass is 177 g/mol. The van der Waals surface area contributed by atoms with Gasteiger partial charge in [-0.3, -0.25) is 0 Å². The highest BCUT2D eigenvalue weighted by Gasteiger charge is 1.91. The van der Waals surface area contributed by atoms with Crippen LogP contribution in [0.4, 0.5) is 5.69 Å². The molecule has 1 aromatic rings. The summed E-state index contributed by atoms with van der Waals surface area (Å²) >= 11 is 0. The van der Waals surface area contributed by atoms with E-state index in [4.69, 9.17) is 5.11 Å². The van der Waals surface area contributed by atoms with Gasteiger partial charge in [0.2, 0.25) is 0 Å². The Kier molecular flexibility index (Phi) is 3.09. The zero-order valence-corrected chi connectivity index (χ0v) is 7.32. The first kappa shape index (κ1) is 9.32. The summed E-state index contributed by atoms with van der Waals surface area (Å²) in [5.74, 6) is -0.935. The molecule has 0 saturated heterocycles. The zero-order chi connectivity index (χ0) is 9.68. The number of rotatable bonds is 3. The van der Waals surface area contributed by atoms with E-state index in [0.717, 1.165) is 17.3 Å². The Morgan fingerprint density at radius 1 is 1.54 bits per heavy atom. The van der Waals surface area contributed by atoms with Gasteiger partial charge in [-0.2, -0.15) is 0 Å². The van der Waals surface area contributed by atoms with Crippen LogP contribution in [0.25, 0.3) is 6.08 Å². The molecule has 3 nitrogen and oxygen atoms in total. The van der Waals surface area contributed by atoms with Gasteiger partial charge in [0.15, 0.2) is 0 Å². The molecule has 0 aliphatic rings. The molecule has 1 rings (SSSR count). The second kappa shape index (κ2) is 4.30. The zero-order valence-electron chi connectivity index (χ0n) is 7.32. The minimum absolute atomic E-state index is 0.870. The Labute approximate surface area is 76.7 Å². The van der Waals surface area contributed by atoms with Gasteiger partial charge >= 0.3 is 5.97 Å². The Bertz CT molecular complexity index is 331. The molecule has 0 saturated carbocycles. The summed E-state index contributed by atoms with van der Waals surface area (Å²) in [5.41, 5.74) is 1.83. The van der Waals surface area contributed by atoms with Crippen LogP contribution in [0.15, 0.2) is 30.3 Å². The van der Waals surface area contributed by atoms with E-state index < -0.39 is 5.97 Å². The van der Waals surface area contributed by atoms with Crippen LogP contribution in [0.1, 0.15) is 5.56 Å². The number of anilines is 1. The van der Waals surface area contributed by atoms with Crippen molar-refractivity contribution in [2.45, 2.75) is 0 Å². The molecule has 0 aromatic heterocycles. The fraction of sp³-hybridized carbons (Fsp3) is 0.100. The molecule has 68 valence electrons. The number of benzene rings is 1. The molecule has 0 radical (unpaired) electrons. The van der Waals surface area contributed by atoms with Gasteiger partial charge in [0.25, 0.3) is 0 Å². The van der Waals surface area contributed by atoms with Crippen LogP contribution in [-0.4, -0.2) is 18.1 Å². The summed E-state index contributed by atoms with van der Waals surface area (Å²) in [6.45, 7) is 0. The van der Waals surface area contributed by atoms with Gasteiger partial charge in [-0.05, 0) is 23.8 Å². The third kappa shape index (κ3) is 2.99. The van der Waals surface area contributed by atoms with Gasteiger partial charge in [0.05, 0.1) is 0 Å². The molecule has 0 amide bonds. The van der Waals surface area contributed by atoms with Gasteiger partial charge in [-0.15, -0.1) is 0 Å². The maximum Gasteiger partial charge on any atom is 0.328 e. The van der Waals surface area contributed by atoms with Crippen LogP contribution in [0.2, 0.25) is 0 Å². The van der Waals surface area contributed by atoms with Crippen molar-refractivity contribution < 1.29 is 9.90 Å². The first-order chi connectivity index (χ1) is 6.22. The third-order valence-corrected chi connectivity index (χ3v) is 1.59. The summed E-state index contributed by atoms with van der Waals surface area (Å²) < 4.78 is 0. The van der Waals surface area contributed by atoms with Gasteiger partial charge in [0.1, 0.15) is 0 Å². The Morgan fingerprint density at radius 3 is 2.92 bits per heavy atom. The lowest BCUT2D eigenvalue weighted by atomic mass is 10.2. The minimum Gasteiger partial charge on any atom is -0.478 e. The number of nitrogens with one attached hydrogen (secondary N) is 1. The Morgan fingerprint density at radius 2 is 2.31 bits per heavy atom. The quantitative estimate of drug-likeness (QED) is 0.692. The van der Waals surface area contributed by atoms with Crippen LogP contribution in [0.5, 0.6) is 0 Å². The lowest BCUT2D eigenvalue weighted by molar-refractivity contribution is -0.131. The topological polar surface area (TPSA) is 49.3 Å². The van der Waals surface area contributed by atoms with Gasteiger partial charge in [-0.25, -0.2) is 4.79 Å². The van der Waals surface area contributed by atoms with Gasteiger partial charge in [-0.1, -0.05) is 12.1 Å². The van der Waals surface area contributed by atoms with E-state index in [1.807, 2.05) is 31.3 Å². The molecule has 0 bridgehead atoms. The number of hydrogen-bond donors (Lipinski definition) is 2. The van der Waals surface area contributed by atoms with E-state index in [-0.39, 0.29) is 0 Å². The van der Waals surface area contributed by atoms with Gasteiger partial charge in [0, 0.05) is 18.8 Å². The predicted octanol–water partition coefficient (Wildman–Crippen LogP) is 1.83. The summed E-state index contributed by atoms with van der Waals surface area (Å²) in [6.07, 6.45) is 2.68. The van der Waals surface area contributed by atoms with Crippen molar-refractivity contribution in [3.05, 3.63) is 35.9 Å². The molecule has 13 heavy (non-hydrogen) atoms. The maximum atomic E-state index is 10.2. The molecule has 0 unspecified atom stereocenters. The van der Waals surface area contributed by atoms with Crippen molar-refractivity contribution in [1.29, 1.82) is 0 Å². The average Bonchev–Trinajstić information content (AvgIpc) is 2.15. The number of aliphatic carboxylic acids is 1. The largest absolute Gasteiger partial charge is 0.478 e. The summed E-state index contributed by atoms with van der Waals surface area (Å²) in [7, 11) is 1.82. The number of carboxylic acids is 1. The molecule has 0 atom stereocenters. The van der Waals surface area contributed by atoms with Crippen molar-refractivity contribution in [3.8, 4) is 0 Å². The number of carbonyl (C=O) groups is 1. The first-order valence-corrected chi connectivity index (χ1v) is 3.91. The molecule has 1 aromatic carbocycles. The van der Waals surface area contributed by atoms with Crippen LogP contribution < -0.4 is 5.32 Å². The van der Waals surface area contributed by atoms with E-state index in [1.54, 1.807) is 6.08 Å². The van der Waals surface area contributed by atoms with Gasteiger partial charge < -0.3 is 10.4 Å². The Hall–Kier alpha value is -1.77. The Balaban J connectivity index is 2.83. The summed E-state index contributed by atoms with van der Waals surface area (Å²) in [6, 6.07) is 7.51. The summed E-state index contributed by atoms with van der Waals surface area (Å²) in [4.78, 5) is 10.2. The lowest BCUT2D eigenvalue weighted by Crippen LogP contribution is -1.88. The molecule has 0 aliphatic heterocycles. The molecule has 0 fully saturated rings. The molecular weight excluding hydrogens is 166 g/mol. The highest BCUT2D eigenvalue weighted by molar-refractivity contribution is 5.85. The second-order valence-electron chi connectivity index (χ2n) is 2.55. The lowest BCUT2D eigenvalue weighted by Gasteiger charge is -1.99. The van der Waals surface area contributed by atoms with Crippen LogP contribution in [-0.2, 0) is 4.79 Å². The summed E-state index contributed by atoms with van der Waals surface area (Å²) in [5, 5.41) is 11.4. The highest BCUT2D eigenvalue weighted by atomic mass is 16.4. The van der Waals surface area contributed by atoms with Crippen molar-refractivity contribution >= 4 is 17.7 Å². The fourth-order valence-corrected chi connectivity index (χ4v) is 0.965. The van der Waals surface area contributed by atoms with Crippen molar-refractivity contribution in [2.75, 3.05) is 12.4 Å². The SMILES string of the molecule is CNc1cccc(/C=C/C(=O)O)c1. The standard InChI is InChI=1S/C10H11NO2/c1-11-9-4-2-3-8(7-9)5-6-10(12)13/h2-7,11H,1H3,(H,12,13)/b6-5+. The van der Waals surface area contributed by atoms with E-state index in [2.05, 4.69) is 5.32 Å². The second-order valence-corrected chi connectivity index (χ2v) is 2.55. The number of hydrogen-bond acceptors (Lipinski definition) is 2. The maximum absolute atomic E-state index is 10.2. The predicted molar refractivity (Wildman–Crippen MR) is 52.7 cm³/mol. The van der Waals surface area contributed by atoms with E-state index >= 15 is 0 Å². The minimum atomic E-state index is -0.935. The molecule has 0 heterocycles. The molecule has 0 aliphatic carbocycles. The normalized spacial score (nSPS) is 10.2. The van der Waals surface area contributed by atoms with Crippen LogP contribution >= 0.6 is 0 Å². The highest BCUT2D eigenvalue weighted by Crippen LogP contribution is 2.10.